The number of hydrogen-bond acceptors (Lipinski definition) is 4. The van der Waals surface area contributed by atoms with E-state index in [1.54, 1.807) is 6.20 Å². The summed E-state index contributed by atoms with van der Waals surface area (Å²) in [6.45, 7) is 0.693. The van der Waals surface area contributed by atoms with Crippen molar-refractivity contribution in [3.8, 4) is 0 Å². The Bertz CT molecular complexity index is 461. The van der Waals surface area contributed by atoms with E-state index in [4.69, 9.17) is 18.0 Å². The molecule has 2 aromatic rings. The Morgan fingerprint density at radius 1 is 1.17 bits per heavy atom. The highest BCUT2D eigenvalue weighted by atomic mass is 32.1. The predicted molar refractivity (Wildman–Crippen MR) is 76.9 cm³/mol. The van der Waals surface area contributed by atoms with Crippen molar-refractivity contribution in [2.24, 2.45) is 5.73 Å². The minimum atomic E-state index is 0.500. The van der Waals surface area contributed by atoms with Gasteiger partial charge in [-0.1, -0.05) is 30.4 Å². The number of anilines is 2. The Labute approximate surface area is 111 Å². The average Bonchev–Trinajstić information content (AvgIpc) is 2.41. The van der Waals surface area contributed by atoms with Gasteiger partial charge in [-0.3, -0.25) is 0 Å². The molecule has 1 heterocycles. The third kappa shape index (κ3) is 3.24. The number of nitrogens with zero attached hydrogens (tertiary/aromatic N) is 3. The molecule has 0 amide bonds. The molecular weight excluding hydrogens is 244 g/mol. The molecular formula is C13H14N4S. The topological polar surface area (TPSA) is 55.0 Å². The molecule has 1 aromatic carbocycles. The summed E-state index contributed by atoms with van der Waals surface area (Å²) in [7, 11) is 0. The first-order chi connectivity index (χ1) is 8.77. The molecule has 0 saturated heterocycles. The smallest absolute Gasteiger partial charge is 0.155 e. The van der Waals surface area contributed by atoms with Gasteiger partial charge in [0, 0.05) is 24.8 Å². The monoisotopic (exact) mass is 258 g/mol. The van der Waals surface area contributed by atoms with Crippen molar-refractivity contribution in [1.29, 1.82) is 0 Å². The van der Waals surface area contributed by atoms with Crippen molar-refractivity contribution in [2.75, 3.05) is 11.4 Å². The van der Waals surface area contributed by atoms with Crippen molar-refractivity contribution in [1.82, 2.24) is 10.2 Å². The fourth-order valence-electron chi connectivity index (χ4n) is 1.64. The molecule has 2 rings (SSSR count). The van der Waals surface area contributed by atoms with E-state index in [1.807, 2.05) is 47.4 Å². The van der Waals surface area contributed by atoms with Crippen LogP contribution in [0.5, 0.6) is 0 Å². The van der Waals surface area contributed by atoms with Crippen LogP contribution in [0.3, 0.4) is 0 Å². The lowest BCUT2D eigenvalue weighted by molar-refractivity contribution is 0.905. The van der Waals surface area contributed by atoms with Gasteiger partial charge in [0.25, 0.3) is 0 Å². The van der Waals surface area contributed by atoms with Crippen LogP contribution < -0.4 is 10.6 Å². The van der Waals surface area contributed by atoms with Crippen LogP contribution >= 0.6 is 12.2 Å². The van der Waals surface area contributed by atoms with Gasteiger partial charge in [0.05, 0.1) is 4.99 Å². The van der Waals surface area contributed by atoms with Gasteiger partial charge in [-0.05, 0) is 24.3 Å². The second-order valence-corrected chi connectivity index (χ2v) is 4.31. The number of nitrogens with two attached hydrogens (primary N) is 1. The van der Waals surface area contributed by atoms with E-state index < -0.39 is 0 Å². The van der Waals surface area contributed by atoms with E-state index in [1.165, 1.54) is 0 Å². The standard InChI is InChI=1S/C13H14N4S/c14-12(18)8-10-17(11-5-2-1-3-6-11)13-7-4-9-15-16-13/h1-7,9H,8,10H2,(H2,14,18). The number of rotatable bonds is 5. The maximum absolute atomic E-state index is 5.57. The summed E-state index contributed by atoms with van der Waals surface area (Å²) in [5.74, 6) is 0.792. The molecule has 0 bridgehead atoms. The summed E-state index contributed by atoms with van der Waals surface area (Å²) in [4.78, 5) is 2.55. The number of benzene rings is 1. The van der Waals surface area contributed by atoms with Crippen LogP contribution in [-0.2, 0) is 0 Å². The first kappa shape index (κ1) is 12.4. The van der Waals surface area contributed by atoms with Gasteiger partial charge in [0.1, 0.15) is 0 Å². The predicted octanol–water partition coefficient (Wildman–Crippen LogP) is 2.29. The normalized spacial score (nSPS) is 10.0. The zero-order chi connectivity index (χ0) is 12.8. The first-order valence-corrected chi connectivity index (χ1v) is 6.07. The number of aromatic nitrogens is 2. The summed E-state index contributed by atoms with van der Waals surface area (Å²) in [5, 5.41) is 8.03. The maximum atomic E-state index is 5.57. The van der Waals surface area contributed by atoms with Crippen LogP contribution in [0.25, 0.3) is 0 Å². The zero-order valence-electron chi connectivity index (χ0n) is 9.86. The van der Waals surface area contributed by atoms with Crippen molar-refractivity contribution in [3.05, 3.63) is 48.7 Å². The second-order valence-electron chi connectivity index (χ2n) is 3.79. The molecule has 0 atom stereocenters. The molecule has 0 spiro atoms. The molecule has 0 fully saturated rings. The lowest BCUT2D eigenvalue weighted by Gasteiger charge is -2.22. The SMILES string of the molecule is NC(=S)CCN(c1ccccc1)c1cccnn1. The largest absolute Gasteiger partial charge is 0.393 e. The molecule has 5 heteroatoms. The molecule has 18 heavy (non-hydrogen) atoms. The quantitative estimate of drug-likeness (QED) is 0.834. The Morgan fingerprint density at radius 3 is 2.56 bits per heavy atom. The molecule has 0 unspecified atom stereocenters. The van der Waals surface area contributed by atoms with Crippen LogP contribution in [0, 0.1) is 0 Å². The van der Waals surface area contributed by atoms with Gasteiger partial charge in [-0.25, -0.2) is 0 Å². The summed E-state index contributed by atoms with van der Waals surface area (Å²) in [6, 6.07) is 13.8. The van der Waals surface area contributed by atoms with E-state index in [0.29, 0.717) is 18.0 Å². The molecule has 1 aromatic heterocycles. The van der Waals surface area contributed by atoms with Gasteiger partial charge in [0.15, 0.2) is 5.82 Å². The van der Waals surface area contributed by atoms with Crippen molar-refractivity contribution in [3.63, 3.8) is 0 Å². The van der Waals surface area contributed by atoms with Gasteiger partial charge in [-0.15, -0.1) is 5.10 Å². The first-order valence-electron chi connectivity index (χ1n) is 5.66. The Balaban J connectivity index is 2.26. The van der Waals surface area contributed by atoms with Gasteiger partial charge in [-0.2, -0.15) is 5.10 Å². The van der Waals surface area contributed by atoms with E-state index in [9.17, 15) is 0 Å². The van der Waals surface area contributed by atoms with Crippen LogP contribution in [0.1, 0.15) is 6.42 Å². The lowest BCUT2D eigenvalue weighted by atomic mass is 10.2. The third-order valence-corrected chi connectivity index (χ3v) is 2.69. The Hall–Kier alpha value is -2.01. The minimum Gasteiger partial charge on any atom is -0.393 e. The molecule has 4 nitrogen and oxygen atoms in total. The minimum absolute atomic E-state index is 0.500. The highest BCUT2D eigenvalue weighted by Gasteiger charge is 2.10. The van der Waals surface area contributed by atoms with Crippen LogP contribution in [0.15, 0.2) is 48.7 Å². The van der Waals surface area contributed by atoms with Crippen LogP contribution in [0.2, 0.25) is 0 Å². The zero-order valence-corrected chi connectivity index (χ0v) is 10.7. The lowest BCUT2D eigenvalue weighted by Crippen LogP contribution is -2.24. The van der Waals surface area contributed by atoms with Gasteiger partial charge in [0.2, 0.25) is 0 Å². The van der Waals surface area contributed by atoms with E-state index in [0.717, 1.165) is 11.5 Å². The molecule has 92 valence electrons. The fraction of sp³-hybridized carbons (Fsp3) is 0.154. The van der Waals surface area contributed by atoms with Crippen molar-refractivity contribution >= 4 is 28.7 Å². The molecule has 0 aliphatic rings. The molecule has 2 N–H and O–H groups in total. The highest BCUT2D eigenvalue weighted by molar-refractivity contribution is 7.80. The second kappa shape index (κ2) is 6.07. The van der Waals surface area contributed by atoms with Gasteiger partial charge >= 0.3 is 0 Å². The average molecular weight is 258 g/mol. The molecule has 0 saturated carbocycles. The van der Waals surface area contributed by atoms with E-state index in [-0.39, 0.29) is 0 Å². The Kier molecular flexibility index (Phi) is 4.20. The van der Waals surface area contributed by atoms with E-state index in [2.05, 4.69) is 10.2 Å². The van der Waals surface area contributed by atoms with Gasteiger partial charge < -0.3 is 10.6 Å². The van der Waals surface area contributed by atoms with Crippen LogP contribution in [-0.4, -0.2) is 21.7 Å². The Morgan fingerprint density at radius 2 is 1.94 bits per heavy atom. The highest BCUT2D eigenvalue weighted by Crippen LogP contribution is 2.22. The number of hydrogen-bond donors (Lipinski definition) is 1. The summed E-state index contributed by atoms with van der Waals surface area (Å²) >= 11 is 4.93. The van der Waals surface area contributed by atoms with Crippen LogP contribution in [0.4, 0.5) is 11.5 Å². The van der Waals surface area contributed by atoms with E-state index >= 15 is 0 Å². The van der Waals surface area contributed by atoms with Crippen molar-refractivity contribution in [2.45, 2.75) is 6.42 Å². The summed E-state index contributed by atoms with van der Waals surface area (Å²) in [6.07, 6.45) is 2.29. The summed E-state index contributed by atoms with van der Waals surface area (Å²) < 4.78 is 0. The maximum Gasteiger partial charge on any atom is 0.155 e. The number of para-hydroxylation sites is 1. The molecule has 0 radical (unpaired) electrons. The third-order valence-electron chi connectivity index (χ3n) is 2.48. The molecule has 0 aliphatic heterocycles. The molecule has 0 aliphatic carbocycles. The fourth-order valence-corrected chi connectivity index (χ4v) is 1.73. The summed E-state index contributed by atoms with van der Waals surface area (Å²) in [5.41, 5.74) is 6.62. The number of thiocarbonyl (C=S) groups is 1. The van der Waals surface area contributed by atoms with Crippen molar-refractivity contribution < 1.29 is 0 Å².